The highest BCUT2D eigenvalue weighted by molar-refractivity contribution is 5.93. The first kappa shape index (κ1) is 18.8. The molecule has 1 atom stereocenters. The number of rotatable bonds is 7. The number of hydrogen-bond acceptors (Lipinski definition) is 6. The summed E-state index contributed by atoms with van der Waals surface area (Å²) in [7, 11) is 1.61. The van der Waals surface area contributed by atoms with Gasteiger partial charge in [-0.05, 0) is 37.6 Å². The first-order valence-electron chi connectivity index (χ1n) is 8.67. The van der Waals surface area contributed by atoms with Crippen LogP contribution >= 0.6 is 0 Å². The minimum atomic E-state index is -0.876. The second-order valence-corrected chi connectivity index (χ2v) is 6.33. The van der Waals surface area contributed by atoms with Crippen molar-refractivity contribution in [3.63, 3.8) is 0 Å². The van der Waals surface area contributed by atoms with Gasteiger partial charge in [0.25, 0.3) is 5.91 Å². The molecule has 27 heavy (non-hydrogen) atoms. The average molecular weight is 374 g/mol. The van der Waals surface area contributed by atoms with Crippen LogP contribution in [0.25, 0.3) is 5.69 Å². The first-order valence-corrected chi connectivity index (χ1v) is 8.67. The number of aromatic nitrogens is 3. The van der Waals surface area contributed by atoms with E-state index in [1.54, 1.807) is 38.3 Å². The summed E-state index contributed by atoms with van der Waals surface area (Å²) in [5.74, 6) is -0.983. The van der Waals surface area contributed by atoms with E-state index in [4.69, 9.17) is 14.6 Å². The van der Waals surface area contributed by atoms with Crippen LogP contribution in [0.5, 0.6) is 5.75 Å². The molecule has 1 saturated heterocycles. The summed E-state index contributed by atoms with van der Waals surface area (Å²) in [6.07, 6.45) is 0.457. The largest absolute Gasteiger partial charge is 0.491 e. The maximum absolute atomic E-state index is 12.7. The Balaban J connectivity index is 1.71. The van der Waals surface area contributed by atoms with Crippen molar-refractivity contribution in [2.45, 2.75) is 13.3 Å². The Morgan fingerprint density at radius 3 is 2.59 bits per heavy atom. The number of carbonyl (C=O) groups excluding carboxylic acids is 1. The topological polar surface area (TPSA) is 107 Å². The number of carboxylic acids is 1. The van der Waals surface area contributed by atoms with Gasteiger partial charge < -0.3 is 19.5 Å². The summed E-state index contributed by atoms with van der Waals surface area (Å²) in [4.78, 5) is 26.7. The third-order valence-electron chi connectivity index (χ3n) is 4.43. The first-order chi connectivity index (χ1) is 13.0. The van der Waals surface area contributed by atoms with Crippen molar-refractivity contribution < 1.29 is 24.2 Å². The lowest BCUT2D eigenvalue weighted by atomic mass is 10.1. The van der Waals surface area contributed by atoms with E-state index in [9.17, 15) is 9.59 Å². The maximum atomic E-state index is 12.7. The number of nitrogens with zero attached hydrogens (tertiary/aromatic N) is 4. The Morgan fingerprint density at radius 2 is 1.96 bits per heavy atom. The van der Waals surface area contributed by atoms with Crippen molar-refractivity contribution in [2.75, 3.05) is 33.4 Å². The van der Waals surface area contributed by atoms with E-state index in [2.05, 4.69) is 10.2 Å². The fourth-order valence-corrected chi connectivity index (χ4v) is 2.91. The molecule has 9 nitrogen and oxygen atoms in total. The van der Waals surface area contributed by atoms with Gasteiger partial charge in [0.05, 0.1) is 23.9 Å². The van der Waals surface area contributed by atoms with E-state index in [1.807, 2.05) is 0 Å². The van der Waals surface area contributed by atoms with Crippen LogP contribution in [0.4, 0.5) is 0 Å². The molecule has 0 saturated carbocycles. The maximum Gasteiger partial charge on any atom is 0.308 e. The Kier molecular flexibility index (Phi) is 5.70. The number of aliphatic carboxylic acids is 1. The van der Waals surface area contributed by atoms with Crippen LogP contribution in [-0.4, -0.2) is 70.3 Å². The van der Waals surface area contributed by atoms with Gasteiger partial charge in [0.15, 0.2) is 5.69 Å². The zero-order valence-corrected chi connectivity index (χ0v) is 15.3. The molecule has 0 bridgehead atoms. The van der Waals surface area contributed by atoms with Gasteiger partial charge in [-0.1, -0.05) is 0 Å². The van der Waals surface area contributed by atoms with E-state index >= 15 is 0 Å². The van der Waals surface area contributed by atoms with Crippen LogP contribution in [0.15, 0.2) is 24.3 Å². The number of ether oxygens (including phenoxy) is 2. The molecule has 144 valence electrons. The molecule has 1 N–H and O–H groups in total. The van der Waals surface area contributed by atoms with E-state index in [0.29, 0.717) is 43.3 Å². The van der Waals surface area contributed by atoms with Crippen molar-refractivity contribution in [1.29, 1.82) is 0 Å². The van der Waals surface area contributed by atoms with Crippen LogP contribution in [0.1, 0.15) is 22.6 Å². The molecule has 1 aliphatic heterocycles. The fraction of sp³-hybridized carbons (Fsp3) is 0.444. The van der Waals surface area contributed by atoms with Gasteiger partial charge in [0, 0.05) is 20.2 Å². The molecule has 9 heteroatoms. The summed E-state index contributed by atoms with van der Waals surface area (Å²) in [6, 6.07) is 7.19. The minimum absolute atomic E-state index is 0.202. The van der Waals surface area contributed by atoms with Gasteiger partial charge in [-0.2, -0.15) is 9.90 Å². The van der Waals surface area contributed by atoms with E-state index in [1.165, 1.54) is 9.70 Å². The smallest absolute Gasteiger partial charge is 0.308 e. The summed E-state index contributed by atoms with van der Waals surface area (Å²) in [6.45, 7) is 3.29. The molecule has 2 heterocycles. The predicted octanol–water partition coefficient (Wildman–Crippen LogP) is 1.15. The van der Waals surface area contributed by atoms with Crippen LogP contribution in [0, 0.1) is 12.8 Å². The molecule has 2 aromatic rings. The highest BCUT2D eigenvalue weighted by Gasteiger charge is 2.33. The quantitative estimate of drug-likeness (QED) is 0.725. The molecule has 1 aliphatic rings. The molecule has 1 amide bonds. The molecule has 0 aliphatic carbocycles. The lowest BCUT2D eigenvalue weighted by Gasteiger charge is -2.14. The van der Waals surface area contributed by atoms with Crippen LogP contribution in [-0.2, 0) is 9.53 Å². The third kappa shape index (κ3) is 4.25. The van der Waals surface area contributed by atoms with E-state index in [0.717, 1.165) is 0 Å². The zero-order chi connectivity index (χ0) is 19.4. The van der Waals surface area contributed by atoms with Crippen molar-refractivity contribution in [3.05, 3.63) is 35.7 Å². The van der Waals surface area contributed by atoms with Crippen LogP contribution < -0.4 is 4.74 Å². The molecule has 0 spiro atoms. The second-order valence-electron chi connectivity index (χ2n) is 6.33. The van der Waals surface area contributed by atoms with Crippen molar-refractivity contribution in [1.82, 2.24) is 19.9 Å². The number of methoxy groups -OCH3 is 1. The predicted molar refractivity (Wildman–Crippen MR) is 95.1 cm³/mol. The highest BCUT2D eigenvalue weighted by Crippen LogP contribution is 2.20. The summed E-state index contributed by atoms with van der Waals surface area (Å²) in [5, 5.41) is 17.7. The Labute approximate surface area is 156 Å². The van der Waals surface area contributed by atoms with Crippen molar-refractivity contribution in [3.8, 4) is 11.4 Å². The monoisotopic (exact) mass is 374 g/mol. The summed E-state index contributed by atoms with van der Waals surface area (Å²) < 4.78 is 10.5. The molecule has 1 unspecified atom stereocenters. The van der Waals surface area contributed by atoms with E-state index in [-0.39, 0.29) is 18.1 Å². The summed E-state index contributed by atoms with van der Waals surface area (Å²) >= 11 is 0. The van der Waals surface area contributed by atoms with Crippen LogP contribution in [0.3, 0.4) is 0 Å². The average Bonchev–Trinajstić information content (AvgIpc) is 3.29. The standard InChI is InChI=1S/C18H22N4O5/c1-12-16(17(23)21-8-7-13(11-21)18(24)25)20-22(19-12)14-3-5-15(6-4-14)27-10-9-26-2/h3-6,13H,7-11H2,1-2H3,(H,24,25). The molecule has 1 aromatic heterocycles. The molecule has 3 rings (SSSR count). The van der Waals surface area contributed by atoms with Crippen molar-refractivity contribution >= 4 is 11.9 Å². The van der Waals surface area contributed by atoms with Crippen LogP contribution in [0.2, 0.25) is 0 Å². The molecular formula is C18H22N4O5. The summed E-state index contributed by atoms with van der Waals surface area (Å²) in [5.41, 5.74) is 1.43. The van der Waals surface area contributed by atoms with E-state index < -0.39 is 11.9 Å². The normalized spacial score (nSPS) is 16.5. The zero-order valence-electron chi connectivity index (χ0n) is 15.3. The Hall–Kier alpha value is -2.94. The Morgan fingerprint density at radius 1 is 1.22 bits per heavy atom. The fourth-order valence-electron chi connectivity index (χ4n) is 2.91. The number of likely N-dealkylation sites (tertiary alicyclic amines) is 1. The number of benzene rings is 1. The number of aryl methyl sites for hydroxylation is 1. The molecular weight excluding hydrogens is 352 g/mol. The number of hydrogen-bond donors (Lipinski definition) is 1. The number of carboxylic acid groups (broad SMARTS) is 1. The van der Waals surface area contributed by atoms with Crippen molar-refractivity contribution in [2.24, 2.45) is 5.92 Å². The minimum Gasteiger partial charge on any atom is -0.491 e. The second kappa shape index (κ2) is 8.17. The van der Waals surface area contributed by atoms with Gasteiger partial charge in [0.1, 0.15) is 12.4 Å². The number of carbonyl (C=O) groups is 2. The van der Waals surface area contributed by atoms with Gasteiger partial charge >= 0.3 is 5.97 Å². The molecule has 1 aromatic carbocycles. The lowest BCUT2D eigenvalue weighted by molar-refractivity contribution is -0.141. The molecule has 0 radical (unpaired) electrons. The van der Waals surface area contributed by atoms with Gasteiger partial charge in [-0.25, -0.2) is 0 Å². The third-order valence-corrected chi connectivity index (χ3v) is 4.43. The van der Waals surface area contributed by atoms with Gasteiger partial charge in [-0.15, -0.1) is 5.10 Å². The Bertz CT molecular complexity index is 818. The highest BCUT2D eigenvalue weighted by atomic mass is 16.5. The number of amides is 1. The van der Waals surface area contributed by atoms with Gasteiger partial charge in [-0.3, -0.25) is 9.59 Å². The van der Waals surface area contributed by atoms with Gasteiger partial charge in [0.2, 0.25) is 0 Å². The SMILES string of the molecule is COCCOc1ccc(-n2nc(C)c(C(=O)N3CCC(C(=O)O)C3)n2)cc1. The lowest BCUT2D eigenvalue weighted by Crippen LogP contribution is -2.30. The molecule has 1 fully saturated rings.